The number of carbonyl (C=O) groups is 1. The van der Waals surface area contributed by atoms with Gasteiger partial charge in [0.25, 0.3) is 0 Å². The summed E-state index contributed by atoms with van der Waals surface area (Å²) in [5.41, 5.74) is -1.59. The van der Waals surface area contributed by atoms with Crippen molar-refractivity contribution in [3.8, 4) is 0 Å². The molecular formula is C15H21NO8. The molecule has 1 heterocycles. The Bertz CT molecular complexity index is 542. The summed E-state index contributed by atoms with van der Waals surface area (Å²) in [4.78, 5) is 11.7. The SMILES string of the molecule is O=C(NC[C@]1(O)[C@H](O)O[C@H](CO)[C@@H](O)[C@@H]1O)OCc1ccccc1. The van der Waals surface area contributed by atoms with Gasteiger partial charge in [0.1, 0.15) is 24.9 Å². The van der Waals surface area contributed by atoms with Crippen LogP contribution in [0, 0.1) is 0 Å². The Morgan fingerprint density at radius 3 is 2.54 bits per heavy atom. The summed E-state index contributed by atoms with van der Waals surface area (Å²) >= 11 is 0. The molecule has 0 saturated carbocycles. The molecule has 0 bridgehead atoms. The number of aliphatic hydroxyl groups is 5. The van der Waals surface area contributed by atoms with Crippen LogP contribution in [0.2, 0.25) is 0 Å². The number of ether oxygens (including phenoxy) is 2. The van der Waals surface area contributed by atoms with E-state index in [1.807, 2.05) is 6.07 Å². The van der Waals surface area contributed by atoms with Gasteiger partial charge in [0, 0.05) is 0 Å². The lowest BCUT2D eigenvalue weighted by Crippen LogP contribution is -2.70. The summed E-state index contributed by atoms with van der Waals surface area (Å²) in [6.07, 6.45) is -7.52. The number of hydrogen-bond donors (Lipinski definition) is 6. The zero-order chi connectivity index (χ0) is 17.7. The van der Waals surface area contributed by atoms with E-state index >= 15 is 0 Å². The molecule has 0 unspecified atom stereocenters. The fourth-order valence-corrected chi connectivity index (χ4v) is 2.34. The topological polar surface area (TPSA) is 149 Å². The second-order valence-electron chi connectivity index (χ2n) is 5.55. The highest BCUT2D eigenvalue weighted by Gasteiger charge is 2.54. The van der Waals surface area contributed by atoms with Crippen LogP contribution in [0.5, 0.6) is 0 Å². The zero-order valence-corrected chi connectivity index (χ0v) is 12.8. The van der Waals surface area contributed by atoms with Crippen LogP contribution in [-0.4, -0.2) is 75.0 Å². The predicted octanol–water partition coefficient (Wildman–Crippen LogP) is -1.92. The molecule has 0 aromatic heterocycles. The van der Waals surface area contributed by atoms with Gasteiger partial charge in [-0.05, 0) is 5.56 Å². The van der Waals surface area contributed by atoms with Gasteiger partial charge in [-0.3, -0.25) is 0 Å². The Morgan fingerprint density at radius 2 is 1.92 bits per heavy atom. The Balaban J connectivity index is 1.88. The van der Waals surface area contributed by atoms with E-state index in [0.29, 0.717) is 0 Å². The van der Waals surface area contributed by atoms with Gasteiger partial charge in [-0.15, -0.1) is 0 Å². The van der Waals surface area contributed by atoms with Gasteiger partial charge in [-0.2, -0.15) is 0 Å². The maximum atomic E-state index is 11.7. The minimum Gasteiger partial charge on any atom is -0.445 e. The highest BCUT2D eigenvalue weighted by Crippen LogP contribution is 2.28. The average molecular weight is 343 g/mol. The van der Waals surface area contributed by atoms with Crippen molar-refractivity contribution < 1.29 is 39.8 Å². The molecule has 24 heavy (non-hydrogen) atoms. The first-order chi connectivity index (χ1) is 11.4. The maximum absolute atomic E-state index is 11.7. The molecule has 0 radical (unpaired) electrons. The highest BCUT2D eigenvalue weighted by molar-refractivity contribution is 5.67. The van der Waals surface area contributed by atoms with Gasteiger partial charge >= 0.3 is 6.09 Å². The van der Waals surface area contributed by atoms with E-state index < -0.39 is 49.4 Å². The van der Waals surface area contributed by atoms with E-state index in [2.05, 4.69) is 5.32 Å². The molecular weight excluding hydrogens is 322 g/mol. The van der Waals surface area contributed by atoms with Crippen LogP contribution in [0.25, 0.3) is 0 Å². The van der Waals surface area contributed by atoms with Crippen molar-refractivity contribution in [3.05, 3.63) is 35.9 Å². The molecule has 9 heteroatoms. The quantitative estimate of drug-likeness (QED) is 0.362. The third kappa shape index (κ3) is 4.01. The first-order valence-electron chi connectivity index (χ1n) is 7.36. The largest absolute Gasteiger partial charge is 0.445 e. The molecule has 2 rings (SSSR count). The van der Waals surface area contributed by atoms with Crippen molar-refractivity contribution in [2.24, 2.45) is 0 Å². The predicted molar refractivity (Wildman–Crippen MR) is 79.6 cm³/mol. The third-order valence-electron chi connectivity index (χ3n) is 3.86. The summed E-state index contributed by atoms with van der Waals surface area (Å²) in [6.45, 7) is -1.28. The summed E-state index contributed by atoms with van der Waals surface area (Å²) in [5.74, 6) is 0. The van der Waals surface area contributed by atoms with E-state index in [0.717, 1.165) is 5.56 Å². The van der Waals surface area contributed by atoms with Gasteiger partial charge < -0.3 is 40.3 Å². The summed E-state index contributed by atoms with van der Waals surface area (Å²) in [7, 11) is 0. The van der Waals surface area contributed by atoms with Crippen molar-refractivity contribution in [1.29, 1.82) is 0 Å². The zero-order valence-electron chi connectivity index (χ0n) is 12.8. The fraction of sp³-hybridized carbons (Fsp3) is 0.533. The molecule has 1 saturated heterocycles. The van der Waals surface area contributed by atoms with Gasteiger partial charge in [0.2, 0.25) is 0 Å². The van der Waals surface area contributed by atoms with Crippen LogP contribution in [-0.2, 0) is 16.1 Å². The lowest BCUT2D eigenvalue weighted by atomic mass is 9.86. The van der Waals surface area contributed by atoms with Crippen LogP contribution in [0.1, 0.15) is 5.56 Å². The second-order valence-corrected chi connectivity index (χ2v) is 5.55. The van der Waals surface area contributed by atoms with Crippen molar-refractivity contribution in [2.45, 2.75) is 36.8 Å². The monoisotopic (exact) mass is 343 g/mol. The molecule has 1 aliphatic rings. The van der Waals surface area contributed by atoms with E-state index in [1.165, 1.54) is 0 Å². The van der Waals surface area contributed by atoms with E-state index in [1.54, 1.807) is 24.3 Å². The van der Waals surface area contributed by atoms with Crippen LogP contribution in [0.15, 0.2) is 30.3 Å². The number of aliphatic hydroxyl groups excluding tert-OH is 4. The van der Waals surface area contributed by atoms with Crippen LogP contribution in [0.3, 0.4) is 0 Å². The smallest absolute Gasteiger partial charge is 0.407 e. The van der Waals surface area contributed by atoms with E-state index in [9.17, 15) is 25.2 Å². The fourth-order valence-electron chi connectivity index (χ4n) is 2.34. The Kier molecular flexibility index (Phi) is 6.10. The lowest BCUT2D eigenvalue weighted by Gasteiger charge is -2.45. The summed E-state index contributed by atoms with van der Waals surface area (Å²) in [6, 6.07) is 8.90. The van der Waals surface area contributed by atoms with Gasteiger partial charge in [0.05, 0.1) is 13.2 Å². The lowest BCUT2D eigenvalue weighted by molar-refractivity contribution is -0.326. The number of hydrogen-bond acceptors (Lipinski definition) is 8. The van der Waals surface area contributed by atoms with E-state index in [-0.39, 0.29) is 6.61 Å². The molecule has 9 nitrogen and oxygen atoms in total. The average Bonchev–Trinajstić information content (AvgIpc) is 2.60. The molecule has 134 valence electrons. The molecule has 1 amide bonds. The molecule has 6 N–H and O–H groups in total. The molecule has 5 atom stereocenters. The highest BCUT2D eigenvalue weighted by atomic mass is 16.6. The number of carbonyl (C=O) groups excluding carboxylic acids is 1. The van der Waals surface area contributed by atoms with Crippen LogP contribution < -0.4 is 5.32 Å². The van der Waals surface area contributed by atoms with Crippen molar-refractivity contribution in [3.63, 3.8) is 0 Å². The molecule has 0 spiro atoms. The molecule has 1 aromatic carbocycles. The number of alkyl carbamates (subject to hydrolysis) is 1. The molecule has 1 aliphatic heterocycles. The minimum atomic E-state index is -2.35. The normalized spacial score (nSPS) is 33.0. The number of amides is 1. The number of nitrogens with one attached hydrogen (secondary N) is 1. The first-order valence-corrected chi connectivity index (χ1v) is 7.36. The maximum Gasteiger partial charge on any atom is 0.407 e. The van der Waals surface area contributed by atoms with Crippen LogP contribution in [0.4, 0.5) is 4.79 Å². The standard InChI is InChI=1S/C15H21NO8/c17-6-10-11(18)12(19)15(22,13(20)24-10)8-16-14(21)23-7-9-4-2-1-3-5-9/h1-5,10-13,17-20,22H,6-8H2,(H,16,21)/t10-,11-,12+,13-,15-/m1/s1. The minimum absolute atomic E-state index is 0.00191. The molecule has 0 aliphatic carbocycles. The van der Waals surface area contributed by atoms with Gasteiger partial charge in [-0.1, -0.05) is 30.3 Å². The Hall–Kier alpha value is -1.75. The van der Waals surface area contributed by atoms with Crippen LogP contribution >= 0.6 is 0 Å². The number of benzene rings is 1. The Morgan fingerprint density at radius 1 is 1.25 bits per heavy atom. The van der Waals surface area contributed by atoms with Crippen molar-refractivity contribution >= 4 is 6.09 Å². The summed E-state index contributed by atoms with van der Waals surface area (Å²) in [5, 5.41) is 51.0. The van der Waals surface area contributed by atoms with Gasteiger partial charge in [0.15, 0.2) is 11.9 Å². The first kappa shape index (κ1) is 18.6. The molecule has 1 aromatic rings. The second kappa shape index (κ2) is 7.88. The molecule has 1 fully saturated rings. The third-order valence-corrected chi connectivity index (χ3v) is 3.86. The van der Waals surface area contributed by atoms with Crippen molar-refractivity contribution in [2.75, 3.05) is 13.2 Å². The Labute approximate surface area is 138 Å². The van der Waals surface area contributed by atoms with Gasteiger partial charge in [-0.25, -0.2) is 4.79 Å². The summed E-state index contributed by atoms with van der Waals surface area (Å²) < 4.78 is 9.78. The van der Waals surface area contributed by atoms with Crippen molar-refractivity contribution in [1.82, 2.24) is 5.32 Å². The van der Waals surface area contributed by atoms with E-state index in [4.69, 9.17) is 14.6 Å². The number of rotatable bonds is 5.